The van der Waals surface area contributed by atoms with Gasteiger partial charge in [0, 0.05) is 51.0 Å². The zero-order valence-corrected chi connectivity index (χ0v) is 16.1. The van der Waals surface area contributed by atoms with Crippen molar-refractivity contribution in [1.82, 2.24) is 20.0 Å². The van der Waals surface area contributed by atoms with Gasteiger partial charge in [-0.05, 0) is 24.3 Å². The van der Waals surface area contributed by atoms with E-state index >= 15 is 0 Å². The molecule has 0 unspecified atom stereocenters. The van der Waals surface area contributed by atoms with Crippen LogP contribution in [0.1, 0.15) is 25.2 Å². The first-order valence-electron chi connectivity index (χ1n) is 9.72. The highest BCUT2D eigenvalue weighted by Crippen LogP contribution is 2.23. The first-order valence-corrected chi connectivity index (χ1v) is 9.72. The SMILES string of the molecule is O=C(CCc1nc(-c2ccccn2)no1)N1CCC(Oc2ccc(F)cc2F)CC1. The molecule has 0 atom stereocenters. The van der Waals surface area contributed by atoms with Crippen molar-refractivity contribution in [2.24, 2.45) is 0 Å². The van der Waals surface area contributed by atoms with Gasteiger partial charge in [0.05, 0.1) is 0 Å². The molecule has 0 N–H and O–H groups in total. The van der Waals surface area contributed by atoms with Gasteiger partial charge in [-0.25, -0.2) is 8.78 Å². The number of nitrogens with zero attached hydrogens (tertiary/aromatic N) is 4. The second-order valence-electron chi connectivity index (χ2n) is 7.00. The van der Waals surface area contributed by atoms with Gasteiger partial charge in [-0.3, -0.25) is 9.78 Å². The number of carbonyl (C=O) groups is 1. The number of carbonyl (C=O) groups excluding carboxylic acids is 1. The Kier molecular flexibility index (Phi) is 5.97. The van der Waals surface area contributed by atoms with E-state index in [1.165, 1.54) is 6.07 Å². The summed E-state index contributed by atoms with van der Waals surface area (Å²) >= 11 is 0. The molecule has 1 saturated heterocycles. The second kappa shape index (κ2) is 8.98. The molecule has 3 aromatic rings. The van der Waals surface area contributed by atoms with E-state index in [1.807, 2.05) is 6.07 Å². The largest absolute Gasteiger partial charge is 0.487 e. The van der Waals surface area contributed by atoms with Crippen LogP contribution in [0.5, 0.6) is 5.75 Å². The van der Waals surface area contributed by atoms with Gasteiger partial charge in [0.1, 0.15) is 17.6 Å². The highest BCUT2D eigenvalue weighted by atomic mass is 19.1. The molecule has 1 aliphatic heterocycles. The van der Waals surface area contributed by atoms with Crippen molar-refractivity contribution in [1.29, 1.82) is 0 Å². The summed E-state index contributed by atoms with van der Waals surface area (Å²) in [5, 5.41) is 3.90. The summed E-state index contributed by atoms with van der Waals surface area (Å²) in [6, 6.07) is 8.65. The molecule has 0 bridgehead atoms. The van der Waals surface area contributed by atoms with E-state index in [2.05, 4.69) is 15.1 Å². The maximum Gasteiger partial charge on any atom is 0.227 e. The van der Waals surface area contributed by atoms with Gasteiger partial charge >= 0.3 is 0 Å². The van der Waals surface area contributed by atoms with Crippen molar-refractivity contribution >= 4 is 5.91 Å². The Balaban J connectivity index is 1.24. The number of amides is 1. The summed E-state index contributed by atoms with van der Waals surface area (Å²) in [5.74, 6) is -0.579. The molecule has 3 heterocycles. The molecular weight excluding hydrogens is 394 g/mol. The van der Waals surface area contributed by atoms with Crippen molar-refractivity contribution in [2.75, 3.05) is 13.1 Å². The maximum absolute atomic E-state index is 13.7. The Morgan fingerprint density at radius 2 is 2.03 bits per heavy atom. The number of aryl methyl sites for hydroxylation is 1. The standard InChI is InChI=1S/C21H20F2N4O3/c22-14-4-5-18(16(23)13-14)29-15-8-11-27(12-9-15)20(28)7-6-19-25-21(26-30-19)17-3-1-2-10-24-17/h1-5,10,13,15H,6-9,11-12H2. The van der Waals surface area contributed by atoms with Gasteiger partial charge in [-0.15, -0.1) is 0 Å². The third-order valence-corrected chi connectivity index (χ3v) is 4.90. The van der Waals surface area contributed by atoms with Crippen molar-refractivity contribution < 1.29 is 22.8 Å². The molecule has 0 aliphatic carbocycles. The fraction of sp³-hybridized carbons (Fsp3) is 0.333. The van der Waals surface area contributed by atoms with Gasteiger partial charge in [0.15, 0.2) is 11.6 Å². The second-order valence-corrected chi connectivity index (χ2v) is 7.00. The van der Waals surface area contributed by atoms with Crippen LogP contribution in [0.25, 0.3) is 11.5 Å². The molecule has 1 aromatic carbocycles. The third-order valence-electron chi connectivity index (χ3n) is 4.90. The predicted octanol–water partition coefficient (Wildman–Crippen LogP) is 3.41. The molecule has 30 heavy (non-hydrogen) atoms. The molecule has 4 rings (SSSR count). The fourth-order valence-electron chi connectivity index (χ4n) is 3.30. The number of piperidine rings is 1. The van der Waals surface area contributed by atoms with Gasteiger partial charge < -0.3 is 14.2 Å². The van der Waals surface area contributed by atoms with E-state index < -0.39 is 11.6 Å². The van der Waals surface area contributed by atoms with E-state index in [0.29, 0.717) is 49.8 Å². The molecule has 0 radical (unpaired) electrons. The van der Waals surface area contributed by atoms with Crippen molar-refractivity contribution in [2.45, 2.75) is 31.8 Å². The van der Waals surface area contributed by atoms with Gasteiger partial charge in [-0.1, -0.05) is 11.2 Å². The lowest BCUT2D eigenvalue weighted by molar-refractivity contribution is -0.133. The fourth-order valence-corrected chi connectivity index (χ4v) is 3.30. The van der Waals surface area contributed by atoms with Gasteiger partial charge in [0.25, 0.3) is 0 Å². The van der Waals surface area contributed by atoms with E-state index in [0.717, 1.165) is 12.1 Å². The molecule has 7 nitrogen and oxygen atoms in total. The van der Waals surface area contributed by atoms with E-state index in [-0.39, 0.29) is 24.2 Å². The molecule has 1 amide bonds. The number of halogens is 2. The van der Waals surface area contributed by atoms with Crippen molar-refractivity contribution in [3.05, 3.63) is 60.1 Å². The first-order chi connectivity index (χ1) is 14.6. The van der Waals surface area contributed by atoms with Gasteiger partial charge in [-0.2, -0.15) is 4.98 Å². The van der Waals surface area contributed by atoms with E-state index in [4.69, 9.17) is 9.26 Å². The Hall–Kier alpha value is -3.36. The number of hydrogen-bond acceptors (Lipinski definition) is 6. The third kappa shape index (κ3) is 4.79. The van der Waals surface area contributed by atoms with Crippen LogP contribution in [-0.4, -0.2) is 45.1 Å². The number of benzene rings is 1. The summed E-state index contributed by atoms with van der Waals surface area (Å²) in [4.78, 5) is 22.7. The Labute approximate surface area is 171 Å². The maximum atomic E-state index is 13.7. The van der Waals surface area contributed by atoms with Crippen LogP contribution in [0, 0.1) is 11.6 Å². The van der Waals surface area contributed by atoms with Crippen molar-refractivity contribution in [3.63, 3.8) is 0 Å². The van der Waals surface area contributed by atoms with Crippen LogP contribution >= 0.6 is 0 Å². The lowest BCUT2D eigenvalue weighted by Gasteiger charge is -2.32. The highest BCUT2D eigenvalue weighted by Gasteiger charge is 2.25. The molecule has 156 valence electrons. The Morgan fingerprint density at radius 1 is 1.20 bits per heavy atom. The first kappa shape index (κ1) is 19.9. The topological polar surface area (TPSA) is 81.3 Å². The smallest absolute Gasteiger partial charge is 0.227 e. The number of aromatic nitrogens is 3. The zero-order valence-electron chi connectivity index (χ0n) is 16.1. The predicted molar refractivity (Wildman–Crippen MR) is 102 cm³/mol. The normalized spacial score (nSPS) is 14.7. The van der Waals surface area contributed by atoms with Crippen LogP contribution in [0.4, 0.5) is 8.78 Å². The number of hydrogen-bond donors (Lipinski definition) is 0. The number of pyridine rings is 1. The van der Waals surface area contributed by atoms with Crippen LogP contribution in [0.2, 0.25) is 0 Å². The monoisotopic (exact) mass is 414 g/mol. The summed E-state index contributed by atoms with van der Waals surface area (Å²) < 4.78 is 37.6. The summed E-state index contributed by atoms with van der Waals surface area (Å²) in [7, 11) is 0. The number of rotatable bonds is 6. The Bertz CT molecular complexity index is 1000. The minimum atomic E-state index is -0.724. The average molecular weight is 414 g/mol. The molecule has 0 spiro atoms. The van der Waals surface area contributed by atoms with Crippen LogP contribution in [-0.2, 0) is 11.2 Å². The molecular formula is C21H20F2N4O3. The molecule has 0 saturated carbocycles. The van der Waals surface area contributed by atoms with Crippen LogP contribution in [0.15, 0.2) is 47.1 Å². The van der Waals surface area contributed by atoms with Gasteiger partial charge in [0.2, 0.25) is 17.6 Å². The minimum Gasteiger partial charge on any atom is -0.487 e. The zero-order chi connectivity index (χ0) is 20.9. The quantitative estimate of drug-likeness (QED) is 0.615. The average Bonchev–Trinajstić information content (AvgIpc) is 3.24. The number of ether oxygens (including phenoxy) is 1. The van der Waals surface area contributed by atoms with E-state index in [9.17, 15) is 13.6 Å². The summed E-state index contributed by atoms with van der Waals surface area (Å²) in [6.07, 6.45) is 3.18. The molecule has 1 fully saturated rings. The van der Waals surface area contributed by atoms with Crippen LogP contribution < -0.4 is 4.74 Å². The Morgan fingerprint density at radius 3 is 2.77 bits per heavy atom. The highest BCUT2D eigenvalue weighted by molar-refractivity contribution is 5.76. The number of likely N-dealkylation sites (tertiary alicyclic amines) is 1. The van der Waals surface area contributed by atoms with E-state index in [1.54, 1.807) is 23.2 Å². The molecule has 9 heteroatoms. The summed E-state index contributed by atoms with van der Waals surface area (Å²) in [6.45, 7) is 1.02. The molecule has 1 aliphatic rings. The minimum absolute atomic E-state index is 0.0148. The van der Waals surface area contributed by atoms with Crippen molar-refractivity contribution in [3.8, 4) is 17.3 Å². The molecule has 2 aromatic heterocycles. The van der Waals surface area contributed by atoms with Crippen LogP contribution in [0.3, 0.4) is 0 Å². The summed E-state index contributed by atoms with van der Waals surface area (Å²) in [5.41, 5.74) is 0.610. The lowest BCUT2D eigenvalue weighted by Crippen LogP contribution is -2.41. The lowest BCUT2D eigenvalue weighted by atomic mass is 10.1.